The van der Waals surface area contributed by atoms with Gasteiger partial charge in [-0.25, -0.2) is 4.39 Å². The first-order chi connectivity index (χ1) is 8.81. The lowest BCUT2D eigenvalue weighted by Gasteiger charge is -2.17. The van der Waals surface area contributed by atoms with Gasteiger partial charge in [0.1, 0.15) is 11.5 Å². The monoisotopic (exact) mass is 268 g/mol. The predicted molar refractivity (Wildman–Crippen MR) is 74.9 cm³/mol. The Morgan fingerprint density at radius 1 is 1.32 bits per heavy atom. The lowest BCUT2D eigenvalue weighted by atomic mass is 10.0. The Balaban J connectivity index is 2.87. The van der Waals surface area contributed by atoms with Crippen molar-refractivity contribution in [1.29, 1.82) is 0 Å². The Kier molecular flexibility index (Phi) is 5.27. The van der Waals surface area contributed by atoms with Crippen molar-refractivity contribution in [3.8, 4) is 0 Å². The molecular formula is C14H21FN2O2. The fourth-order valence-electron chi connectivity index (χ4n) is 1.86. The molecule has 106 valence electrons. The smallest absolute Gasteiger partial charge is 0.295 e. The van der Waals surface area contributed by atoms with Crippen LogP contribution in [0.2, 0.25) is 0 Å². The molecule has 0 aliphatic rings. The van der Waals surface area contributed by atoms with Gasteiger partial charge in [0.15, 0.2) is 0 Å². The Morgan fingerprint density at radius 2 is 1.95 bits per heavy atom. The fourth-order valence-corrected chi connectivity index (χ4v) is 1.86. The number of halogens is 1. The molecule has 0 fully saturated rings. The van der Waals surface area contributed by atoms with Gasteiger partial charge >= 0.3 is 0 Å². The molecule has 1 aromatic rings. The molecule has 1 rings (SSSR count). The van der Waals surface area contributed by atoms with Crippen LogP contribution in [0.1, 0.15) is 39.2 Å². The largest absolute Gasteiger partial charge is 0.377 e. The van der Waals surface area contributed by atoms with Crippen molar-refractivity contribution in [2.75, 3.05) is 5.32 Å². The van der Waals surface area contributed by atoms with Crippen LogP contribution < -0.4 is 5.32 Å². The molecule has 0 spiro atoms. The van der Waals surface area contributed by atoms with Crippen molar-refractivity contribution in [3.63, 3.8) is 0 Å². The molecule has 0 heterocycles. The van der Waals surface area contributed by atoms with E-state index in [4.69, 9.17) is 0 Å². The summed E-state index contributed by atoms with van der Waals surface area (Å²) < 4.78 is 13.4. The van der Waals surface area contributed by atoms with Gasteiger partial charge in [-0.1, -0.05) is 13.8 Å². The third-order valence-electron chi connectivity index (χ3n) is 3.05. The summed E-state index contributed by atoms with van der Waals surface area (Å²) in [7, 11) is 0. The number of nitrogens with zero attached hydrogens (tertiary/aromatic N) is 1. The Labute approximate surface area is 113 Å². The summed E-state index contributed by atoms with van der Waals surface area (Å²) in [5, 5.41) is 14.0. The standard InChI is InChI=1S/C14H21FN2O2/c1-9(2)5-6-11(4)16-13-7-10(3)12(15)8-14(13)17(18)19/h7-9,11,16H,5-6H2,1-4H3. The zero-order valence-corrected chi connectivity index (χ0v) is 11.9. The van der Waals surface area contributed by atoms with Crippen molar-refractivity contribution >= 4 is 11.4 Å². The van der Waals surface area contributed by atoms with Gasteiger partial charge < -0.3 is 5.32 Å². The van der Waals surface area contributed by atoms with Gasteiger partial charge in [0.05, 0.1) is 11.0 Å². The lowest BCUT2D eigenvalue weighted by Crippen LogP contribution is -2.17. The van der Waals surface area contributed by atoms with Gasteiger partial charge in [-0.3, -0.25) is 10.1 Å². The number of nitro benzene ring substituents is 1. The highest BCUT2D eigenvalue weighted by atomic mass is 19.1. The van der Waals surface area contributed by atoms with Crippen LogP contribution in [0.4, 0.5) is 15.8 Å². The van der Waals surface area contributed by atoms with Crippen LogP contribution in [0.25, 0.3) is 0 Å². The van der Waals surface area contributed by atoms with E-state index in [9.17, 15) is 14.5 Å². The average molecular weight is 268 g/mol. The molecule has 0 aliphatic carbocycles. The molecule has 1 aromatic carbocycles. The first kappa shape index (κ1) is 15.4. The minimum absolute atomic E-state index is 0.117. The minimum atomic E-state index is -0.556. The van der Waals surface area contributed by atoms with Crippen LogP contribution >= 0.6 is 0 Å². The quantitative estimate of drug-likeness (QED) is 0.619. The molecule has 0 radical (unpaired) electrons. The van der Waals surface area contributed by atoms with E-state index in [0.29, 0.717) is 17.2 Å². The third kappa shape index (κ3) is 4.50. The van der Waals surface area contributed by atoms with Gasteiger partial charge in [-0.15, -0.1) is 0 Å². The highest BCUT2D eigenvalue weighted by Gasteiger charge is 2.18. The number of anilines is 1. The van der Waals surface area contributed by atoms with E-state index in [1.807, 2.05) is 6.92 Å². The molecule has 0 amide bonds. The molecular weight excluding hydrogens is 247 g/mol. The average Bonchev–Trinajstić information content (AvgIpc) is 2.30. The van der Waals surface area contributed by atoms with Gasteiger partial charge in [-0.05, 0) is 44.2 Å². The Morgan fingerprint density at radius 3 is 2.47 bits per heavy atom. The molecule has 0 saturated carbocycles. The Bertz CT molecular complexity index is 461. The number of rotatable bonds is 6. The van der Waals surface area contributed by atoms with E-state index >= 15 is 0 Å². The second-order valence-corrected chi connectivity index (χ2v) is 5.39. The second-order valence-electron chi connectivity index (χ2n) is 5.39. The van der Waals surface area contributed by atoms with E-state index in [1.54, 1.807) is 6.92 Å². The number of hydrogen-bond donors (Lipinski definition) is 1. The van der Waals surface area contributed by atoms with Crippen molar-refractivity contribution in [1.82, 2.24) is 0 Å². The van der Waals surface area contributed by atoms with Gasteiger partial charge in [-0.2, -0.15) is 0 Å². The minimum Gasteiger partial charge on any atom is -0.377 e. The van der Waals surface area contributed by atoms with Crippen molar-refractivity contribution in [2.45, 2.75) is 46.6 Å². The molecule has 0 aromatic heterocycles. The summed E-state index contributed by atoms with van der Waals surface area (Å²) in [5.41, 5.74) is 0.587. The number of aryl methyl sites for hydroxylation is 1. The highest BCUT2D eigenvalue weighted by molar-refractivity contribution is 5.63. The lowest BCUT2D eigenvalue weighted by molar-refractivity contribution is -0.384. The number of benzene rings is 1. The zero-order chi connectivity index (χ0) is 14.6. The maximum Gasteiger partial charge on any atom is 0.295 e. The van der Waals surface area contributed by atoms with Gasteiger partial charge in [0.25, 0.3) is 5.69 Å². The van der Waals surface area contributed by atoms with Crippen LogP contribution in [0.3, 0.4) is 0 Å². The number of nitrogens with one attached hydrogen (secondary N) is 1. The topological polar surface area (TPSA) is 55.2 Å². The highest BCUT2D eigenvalue weighted by Crippen LogP contribution is 2.28. The molecule has 4 nitrogen and oxygen atoms in total. The molecule has 1 atom stereocenters. The van der Waals surface area contributed by atoms with Gasteiger partial charge in [0.2, 0.25) is 0 Å². The fraction of sp³-hybridized carbons (Fsp3) is 0.571. The molecule has 1 unspecified atom stereocenters. The third-order valence-corrected chi connectivity index (χ3v) is 3.05. The summed E-state index contributed by atoms with van der Waals surface area (Å²) >= 11 is 0. The normalized spacial score (nSPS) is 12.5. The van der Waals surface area contributed by atoms with Crippen molar-refractivity contribution < 1.29 is 9.31 Å². The molecule has 19 heavy (non-hydrogen) atoms. The number of hydrogen-bond acceptors (Lipinski definition) is 3. The van der Waals surface area contributed by atoms with Crippen LogP contribution in [0.15, 0.2) is 12.1 Å². The summed E-state index contributed by atoms with van der Waals surface area (Å²) in [5.74, 6) is 0.0428. The van der Waals surface area contributed by atoms with Crippen molar-refractivity contribution in [3.05, 3.63) is 33.6 Å². The predicted octanol–water partition coefficient (Wildman–Crippen LogP) is 4.28. The summed E-state index contributed by atoms with van der Waals surface area (Å²) in [6.07, 6.45) is 1.97. The van der Waals surface area contributed by atoms with E-state index in [-0.39, 0.29) is 11.7 Å². The Hall–Kier alpha value is -1.65. The first-order valence-corrected chi connectivity index (χ1v) is 6.52. The molecule has 0 bridgehead atoms. The van der Waals surface area contributed by atoms with Crippen LogP contribution in [0.5, 0.6) is 0 Å². The van der Waals surface area contributed by atoms with Crippen LogP contribution in [-0.2, 0) is 0 Å². The van der Waals surface area contributed by atoms with Crippen molar-refractivity contribution in [2.24, 2.45) is 5.92 Å². The van der Waals surface area contributed by atoms with E-state index in [0.717, 1.165) is 18.9 Å². The second kappa shape index (κ2) is 6.50. The number of nitro groups is 1. The summed E-state index contributed by atoms with van der Waals surface area (Å²) in [4.78, 5) is 10.4. The zero-order valence-electron chi connectivity index (χ0n) is 11.9. The maximum absolute atomic E-state index is 13.4. The molecule has 0 aliphatic heterocycles. The first-order valence-electron chi connectivity index (χ1n) is 6.52. The van der Waals surface area contributed by atoms with Gasteiger partial charge in [0, 0.05) is 6.04 Å². The van der Waals surface area contributed by atoms with E-state index in [1.165, 1.54) is 6.07 Å². The van der Waals surface area contributed by atoms with E-state index in [2.05, 4.69) is 19.2 Å². The van der Waals surface area contributed by atoms with Crippen LogP contribution in [0, 0.1) is 28.8 Å². The maximum atomic E-state index is 13.4. The van der Waals surface area contributed by atoms with Crippen LogP contribution in [-0.4, -0.2) is 11.0 Å². The molecule has 1 N–H and O–H groups in total. The van der Waals surface area contributed by atoms with E-state index < -0.39 is 10.7 Å². The molecule has 0 saturated heterocycles. The summed E-state index contributed by atoms with van der Waals surface area (Å²) in [6, 6.07) is 2.59. The SMILES string of the molecule is Cc1cc(NC(C)CCC(C)C)c([N+](=O)[O-])cc1F. The summed E-state index contributed by atoms with van der Waals surface area (Å²) in [6.45, 7) is 7.85. The molecule has 5 heteroatoms.